The summed E-state index contributed by atoms with van der Waals surface area (Å²) in [5.74, 6) is 2.58. The maximum Gasteiger partial charge on any atom is 0.226 e. The van der Waals surface area contributed by atoms with Crippen LogP contribution in [0.2, 0.25) is 10.0 Å². The lowest BCUT2D eigenvalue weighted by Crippen LogP contribution is -2.61. The lowest BCUT2D eigenvalue weighted by atomic mass is 9.44. The molecule has 1 heterocycles. The molecule has 1 saturated heterocycles. The molecule has 5 atom stereocenters. The molecule has 5 rings (SSSR count). The third-order valence-corrected chi connectivity index (χ3v) is 8.13. The van der Waals surface area contributed by atoms with Crippen LogP contribution in [-0.2, 0) is 11.2 Å². The molecule has 0 N–H and O–H groups in total. The van der Waals surface area contributed by atoms with Crippen molar-refractivity contribution in [2.75, 3.05) is 6.54 Å². The van der Waals surface area contributed by atoms with Crippen molar-refractivity contribution in [3.8, 4) is 0 Å². The van der Waals surface area contributed by atoms with E-state index in [1.807, 2.05) is 12.1 Å². The van der Waals surface area contributed by atoms with E-state index < -0.39 is 0 Å². The van der Waals surface area contributed by atoms with Crippen LogP contribution in [0.15, 0.2) is 18.2 Å². The van der Waals surface area contributed by atoms with Gasteiger partial charge in [-0.2, -0.15) is 0 Å². The first-order valence-corrected chi connectivity index (χ1v) is 10.3. The second-order valence-corrected chi connectivity index (χ2v) is 9.82. The van der Waals surface area contributed by atoms with Crippen LogP contribution in [0.1, 0.15) is 45.6 Å². The van der Waals surface area contributed by atoms with Gasteiger partial charge in [-0.3, -0.25) is 4.79 Å². The van der Waals surface area contributed by atoms with Crippen molar-refractivity contribution >= 4 is 29.1 Å². The summed E-state index contributed by atoms with van der Waals surface area (Å²) in [5, 5.41) is 1.32. The number of carbonyl (C=O) groups is 1. The minimum Gasteiger partial charge on any atom is -0.339 e. The van der Waals surface area contributed by atoms with Gasteiger partial charge in [0.15, 0.2) is 0 Å². The quantitative estimate of drug-likeness (QED) is 0.682. The Labute approximate surface area is 160 Å². The van der Waals surface area contributed by atoms with Crippen molar-refractivity contribution in [1.82, 2.24) is 4.90 Å². The van der Waals surface area contributed by atoms with Gasteiger partial charge < -0.3 is 4.90 Å². The summed E-state index contributed by atoms with van der Waals surface area (Å²) in [7, 11) is 0. The van der Waals surface area contributed by atoms with Gasteiger partial charge in [-0.1, -0.05) is 50.0 Å². The number of carbonyl (C=O) groups excluding carboxylic acids is 1. The molecule has 0 aromatic heterocycles. The lowest BCUT2D eigenvalue weighted by Gasteiger charge is -2.63. The zero-order chi connectivity index (χ0) is 17.9. The smallest absolute Gasteiger partial charge is 0.226 e. The molecule has 4 aliphatic rings. The number of fused-ring (bicyclic) bond motifs is 2. The molecule has 1 aromatic carbocycles. The number of nitrogens with zero attached hydrogens (tertiary/aromatic N) is 1. The van der Waals surface area contributed by atoms with Gasteiger partial charge in [0.2, 0.25) is 5.91 Å². The van der Waals surface area contributed by atoms with Crippen molar-refractivity contribution in [3.63, 3.8) is 0 Å². The van der Waals surface area contributed by atoms with Crippen LogP contribution >= 0.6 is 23.2 Å². The van der Waals surface area contributed by atoms with Gasteiger partial charge >= 0.3 is 0 Å². The second-order valence-electron chi connectivity index (χ2n) is 8.98. The van der Waals surface area contributed by atoms with E-state index in [0.29, 0.717) is 33.3 Å². The van der Waals surface area contributed by atoms with Crippen LogP contribution in [0, 0.1) is 29.1 Å². The predicted molar refractivity (Wildman–Crippen MR) is 103 cm³/mol. The predicted octanol–water partition coefficient (Wildman–Crippen LogP) is 5.46. The number of rotatable bonds is 3. The summed E-state index contributed by atoms with van der Waals surface area (Å²) in [6.45, 7) is 8.10. The van der Waals surface area contributed by atoms with Gasteiger partial charge in [0.25, 0.3) is 0 Å². The Morgan fingerprint density at radius 2 is 2.00 bits per heavy atom. The molecule has 0 radical (unpaired) electrons. The van der Waals surface area contributed by atoms with E-state index in [1.54, 1.807) is 6.07 Å². The maximum absolute atomic E-state index is 13.1. The Hall–Kier alpha value is -0.730. The summed E-state index contributed by atoms with van der Waals surface area (Å²) >= 11 is 12.3. The molecule has 25 heavy (non-hydrogen) atoms. The minimum absolute atomic E-state index is 0.0668. The second kappa shape index (κ2) is 6.16. The van der Waals surface area contributed by atoms with E-state index >= 15 is 0 Å². The van der Waals surface area contributed by atoms with Crippen molar-refractivity contribution < 1.29 is 4.79 Å². The Balaban J connectivity index is 1.45. The molecule has 1 aromatic rings. The minimum atomic E-state index is 0.0668. The highest BCUT2D eigenvalue weighted by Crippen LogP contribution is 2.62. The first-order valence-electron chi connectivity index (χ1n) is 9.53. The molecule has 1 aliphatic heterocycles. The Kier molecular flexibility index (Phi) is 4.36. The van der Waals surface area contributed by atoms with E-state index in [-0.39, 0.29) is 5.92 Å². The number of hydrogen-bond donors (Lipinski definition) is 0. The van der Waals surface area contributed by atoms with E-state index in [1.165, 1.54) is 12.8 Å². The number of benzene rings is 1. The number of halogens is 2. The zero-order valence-corrected chi connectivity index (χ0v) is 16.8. The highest BCUT2D eigenvalue weighted by Gasteiger charge is 2.58. The third kappa shape index (κ3) is 2.80. The molecule has 2 nitrogen and oxygen atoms in total. The average Bonchev–Trinajstić information content (AvgIpc) is 2.90. The van der Waals surface area contributed by atoms with Gasteiger partial charge in [0, 0.05) is 28.5 Å². The highest BCUT2D eigenvalue weighted by molar-refractivity contribution is 6.35. The van der Waals surface area contributed by atoms with Crippen molar-refractivity contribution in [2.24, 2.45) is 29.1 Å². The van der Waals surface area contributed by atoms with Crippen molar-refractivity contribution in [1.29, 1.82) is 0 Å². The van der Waals surface area contributed by atoms with Crippen LogP contribution in [0.3, 0.4) is 0 Å². The fourth-order valence-corrected chi connectivity index (χ4v) is 6.25. The lowest BCUT2D eigenvalue weighted by molar-refractivity contribution is -0.155. The topological polar surface area (TPSA) is 20.3 Å². The van der Waals surface area contributed by atoms with Gasteiger partial charge in [0.1, 0.15) is 0 Å². The van der Waals surface area contributed by atoms with E-state index in [4.69, 9.17) is 23.2 Å². The third-order valence-electron chi connectivity index (χ3n) is 7.55. The molecular weight excluding hydrogens is 353 g/mol. The molecule has 4 fully saturated rings. The van der Waals surface area contributed by atoms with Gasteiger partial charge in [0.05, 0.1) is 0 Å². The molecule has 3 saturated carbocycles. The summed E-state index contributed by atoms with van der Waals surface area (Å²) < 4.78 is 0. The average molecular weight is 380 g/mol. The number of hydrogen-bond acceptors (Lipinski definition) is 1. The van der Waals surface area contributed by atoms with E-state index in [2.05, 4.69) is 25.7 Å². The fraction of sp³-hybridized carbons (Fsp3) is 0.667. The maximum atomic E-state index is 13.1. The van der Waals surface area contributed by atoms with Gasteiger partial charge in [-0.25, -0.2) is 0 Å². The zero-order valence-electron chi connectivity index (χ0n) is 15.3. The molecule has 3 aliphatic carbocycles. The van der Waals surface area contributed by atoms with Crippen LogP contribution in [0.25, 0.3) is 0 Å². The van der Waals surface area contributed by atoms with Crippen LogP contribution in [-0.4, -0.2) is 23.4 Å². The normalized spacial score (nSPS) is 36.4. The highest BCUT2D eigenvalue weighted by atomic mass is 35.5. The molecule has 0 spiro atoms. The number of likely N-dealkylation sites (tertiary alicyclic amines) is 1. The van der Waals surface area contributed by atoms with E-state index in [0.717, 1.165) is 36.8 Å². The van der Waals surface area contributed by atoms with Gasteiger partial charge in [-0.15, -0.1) is 0 Å². The first kappa shape index (κ1) is 17.7. The fourth-order valence-electron chi connectivity index (χ4n) is 5.77. The molecule has 2 bridgehead atoms. The first-order chi connectivity index (χ1) is 11.8. The van der Waals surface area contributed by atoms with Gasteiger partial charge in [-0.05, 0) is 66.5 Å². The summed E-state index contributed by atoms with van der Waals surface area (Å²) in [6.07, 6.45) is 4.21. The Bertz CT molecular complexity index is 701. The Morgan fingerprint density at radius 3 is 2.64 bits per heavy atom. The standard InChI is InChI=1S/C21H27Cl2NO/c1-12-17-9-15(21(17,2)3)10-19(12)24-7-6-14(20(24)25)8-13-4-5-16(22)11-18(13)23/h4-5,11-12,14-15,17,19H,6-10H2,1-3H3/t12-,14?,15+,17+,19+/m0/s1. The molecule has 1 amide bonds. The van der Waals surface area contributed by atoms with Crippen LogP contribution in [0.4, 0.5) is 0 Å². The number of amides is 1. The largest absolute Gasteiger partial charge is 0.339 e. The molecular formula is C21H27Cl2NO. The van der Waals surface area contributed by atoms with Crippen molar-refractivity contribution in [2.45, 2.75) is 52.5 Å². The monoisotopic (exact) mass is 379 g/mol. The Morgan fingerprint density at radius 1 is 1.24 bits per heavy atom. The summed E-state index contributed by atoms with van der Waals surface area (Å²) in [5.41, 5.74) is 1.50. The van der Waals surface area contributed by atoms with E-state index in [9.17, 15) is 4.79 Å². The molecule has 1 unspecified atom stereocenters. The van der Waals surface area contributed by atoms with Crippen LogP contribution in [0.5, 0.6) is 0 Å². The summed E-state index contributed by atoms with van der Waals surface area (Å²) in [6, 6.07) is 6.03. The SMILES string of the molecule is C[C@@H]1[C@H](N2CCC(Cc3ccc(Cl)cc3Cl)C2=O)C[C@H]2C[C@H]1C2(C)C. The molecule has 136 valence electrons. The molecule has 4 heteroatoms. The van der Waals surface area contributed by atoms with Crippen LogP contribution < -0.4 is 0 Å². The van der Waals surface area contributed by atoms with Crippen molar-refractivity contribution in [3.05, 3.63) is 33.8 Å². The summed E-state index contributed by atoms with van der Waals surface area (Å²) in [4.78, 5) is 15.3.